The zero-order chi connectivity index (χ0) is 13.6. The fourth-order valence-corrected chi connectivity index (χ4v) is 1.55. The third-order valence-electron chi connectivity index (χ3n) is 2.27. The number of amides is 1. The largest absolute Gasteiger partial charge is 0.481 e. The second-order valence-corrected chi connectivity index (χ2v) is 4.15. The Hall–Kier alpha value is -2.02. The zero-order valence-corrected chi connectivity index (χ0v) is 10.2. The molecule has 1 aromatic rings. The summed E-state index contributed by atoms with van der Waals surface area (Å²) in [5, 5.41) is 18.6. The Morgan fingerprint density at radius 1 is 1.50 bits per heavy atom. The molecule has 0 spiro atoms. The number of methoxy groups -OCH3 is 1. The van der Waals surface area contributed by atoms with Crippen molar-refractivity contribution in [1.82, 2.24) is 15.5 Å². The van der Waals surface area contributed by atoms with Gasteiger partial charge in [0.2, 0.25) is 0 Å². The summed E-state index contributed by atoms with van der Waals surface area (Å²) < 4.78 is 4.94. The van der Waals surface area contributed by atoms with E-state index in [1.54, 1.807) is 6.92 Å². The van der Waals surface area contributed by atoms with Gasteiger partial charge < -0.3 is 15.2 Å². The van der Waals surface area contributed by atoms with Crippen LogP contribution in [-0.4, -0.2) is 46.4 Å². The number of carbonyl (C=O) groups is 2. The lowest BCUT2D eigenvalue weighted by molar-refractivity contribution is -0.139. The molecule has 0 bridgehead atoms. The number of carboxylic acid groups (broad SMARTS) is 1. The molecule has 0 saturated heterocycles. The highest BCUT2D eigenvalue weighted by Crippen LogP contribution is 2.11. The van der Waals surface area contributed by atoms with Crippen LogP contribution in [0.2, 0.25) is 0 Å². The van der Waals surface area contributed by atoms with Crippen molar-refractivity contribution in [3.05, 3.63) is 24.0 Å². The smallest absolute Gasteiger partial charge is 0.305 e. The molecule has 98 valence electrons. The lowest BCUT2D eigenvalue weighted by Crippen LogP contribution is -2.50. The number of rotatable bonds is 6. The number of hydrogen-bond acceptors (Lipinski definition) is 5. The van der Waals surface area contributed by atoms with Gasteiger partial charge in [-0.2, -0.15) is 10.2 Å². The molecular weight excluding hydrogens is 238 g/mol. The number of carbonyl (C=O) groups excluding carboxylic acids is 1. The van der Waals surface area contributed by atoms with Crippen LogP contribution in [-0.2, 0) is 9.53 Å². The maximum Gasteiger partial charge on any atom is 0.305 e. The first kappa shape index (κ1) is 14.0. The summed E-state index contributed by atoms with van der Waals surface area (Å²) >= 11 is 0. The maximum absolute atomic E-state index is 11.9. The molecule has 1 amide bonds. The molecule has 7 nitrogen and oxygen atoms in total. The van der Waals surface area contributed by atoms with E-state index < -0.39 is 17.4 Å². The molecule has 0 aliphatic heterocycles. The topological polar surface area (TPSA) is 101 Å². The predicted molar refractivity (Wildman–Crippen MR) is 62.0 cm³/mol. The van der Waals surface area contributed by atoms with E-state index in [0.717, 1.165) is 0 Å². The fraction of sp³-hybridized carbons (Fsp3) is 0.455. The van der Waals surface area contributed by atoms with Gasteiger partial charge in [0.1, 0.15) is 0 Å². The SMILES string of the molecule is COCC(C)(CC(=O)O)NC(=O)c1ccnnc1. The minimum atomic E-state index is -1.01. The highest BCUT2D eigenvalue weighted by Gasteiger charge is 2.29. The molecule has 2 N–H and O–H groups in total. The van der Waals surface area contributed by atoms with Gasteiger partial charge in [-0.15, -0.1) is 0 Å². The van der Waals surface area contributed by atoms with Crippen LogP contribution in [0.15, 0.2) is 18.5 Å². The maximum atomic E-state index is 11.9. The van der Waals surface area contributed by atoms with Crippen LogP contribution in [0.25, 0.3) is 0 Å². The molecule has 1 atom stereocenters. The van der Waals surface area contributed by atoms with Gasteiger partial charge in [0.15, 0.2) is 0 Å². The predicted octanol–water partition coefficient (Wildman–Crippen LogP) is 0.0862. The molecule has 1 aromatic heterocycles. The molecule has 0 fully saturated rings. The number of nitrogens with one attached hydrogen (secondary N) is 1. The van der Waals surface area contributed by atoms with Crippen molar-refractivity contribution in [3.8, 4) is 0 Å². The van der Waals surface area contributed by atoms with Crippen LogP contribution >= 0.6 is 0 Å². The van der Waals surface area contributed by atoms with Gasteiger partial charge in [0.25, 0.3) is 5.91 Å². The van der Waals surface area contributed by atoms with Crippen molar-refractivity contribution in [2.24, 2.45) is 0 Å². The van der Waals surface area contributed by atoms with Crippen LogP contribution in [0.5, 0.6) is 0 Å². The van der Waals surface area contributed by atoms with Gasteiger partial charge in [0, 0.05) is 7.11 Å². The molecule has 0 saturated carbocycles. The average molecular weight is 253 g/mol. The van der Waals surface area contributed by atoms with Crippen LogP contribution in [0.1, 0.15) is 23.7 Å². The van der Waals surface area contributed by atoms with E-state index in [0.29, 0.717) is 5.56 Å². The van der Waals surface area contributed by atoms with Crippen molar-refractivity contribution in [2.45, 2.75) is 18.9 Å². The Morgan fingerprint density at radius 3 is 2.72 bits per heavy atom. The lowest BCUT2D eigenvalue weighted by atomic mass is 9.98. The van der Waals surface area contributed by atoms with E-state index in [1.165, 1.54) is 25.6 Å². The molecule has 1 heterocycles. The molecule has 0 radical (unpaired) electrons. The summed E-state index contributed by atoms with van der Waals surface area (Å²) in [5.74, 6) is -1.42. The number of aromatic nitrogens is 2. The first-order valence-electron chi connectivity index (χ1n) is 5.27. The van der Waals surface area contributed by atoms with E-state index in [9.17, 15) is 9.59 Å². The van der Waals surface area contributed by atoms with Crippen molar-refractivity contribution >= 4 is 11.9 Å². The van der Waals surface area contributed by atoms with Crippen LogP contribution in [0.3, 0.4) is 0 Å². The molecule has 1 unspecified atom stereocenters. The number of aliphatic carboxylic acids is 1. The van der Waals surface area contributed by atoms with Crippen LogP contribution in [0, 0.1) is 0 Å². The zero-order valence-electron chi connectivity index (χ0n) is 10.2. The van der Waals surface area contributed by atoms with E-state index in [4.69, 9.17) is 9.84 Å². The van der Waals surface area contributed by atoms with Gasteiger partial charge >= 0.3 is 5.97 Å². The Bertz CT molecular complexity index is 424. The molecule has 1 rings (SSSR count). The first-order valence-corrected chi connectivity index (χ1v) is 5.27. The molecule has 0 aromatic carbocycles. The number of carboxylic acids is 1. The first-order chi connectivity index (χ1) is 8.47. The third-order valence-corrected chi connectivity index (χ3v) is 2.27. The van der Waals surface area contributed by atoms with Crippen LogP contribution < -0.4 is 5.32 Å². The standard InChI is InChI=1S/C11H15N3O4/c1-11(7-18-2,5-9(15)16)14-10(17)8-3-4-12-13-6-8/h3-4,6H,5,7H2,1-2H3,(H,14,17)(H,15,16). The summed E-state index contributed by atoms with van der Waals surface area (Å²) in [6.07, 6.45) is 2.47. The Balaban J connectivity index is 2.78. The van der Waals surface area contributed by atoms with Gasteiger partial charge in [-0.3, -0.25) is 9.59 Å². The van der Waals surface area contributed by atoms with E-state index >= 15 is 0 Å². The van der Waals surface area contributed by atoms with Gasteiger partial charge in [0.05, 0.1) is 36.5 Å². The summed E-state index contributed by atoms with van der Waals surface area (Å²) in [4.78, 5) is 22.7. The molecular formula is C11H15N3O4. The second kappa shape index (κ2) is 6.06. The molecule has 0 aliphatic carbocycles. The van der Waals surface area contributed by atoms with E-state index in [2.05, 4.69) is 15.5 Å². The lowest BCUT2D eigenvalue weighted by Gasteiger charge is -2.28. The van der Waals surface area contributed by atoms with Gasteiger partial charge in [-0.25, -0.2) is 0 Å². The highest BCUT2D eigenvalue weighted by atomic mass is 16.5. The minimum absolute atomic E-state index is 0.101. The number of ether oxygens (including phenoxy) is 1. The van der Waals surface area contributed by atoms with Crippen molar-refractivity contribution in [2.75, 3.05) is 13.7 Å². The monoisotopic (exact) mass is 253 g/mol. The summed E-state index contributed by atoms with van der Waals surface area (Å²) in [6.45, 7) is 1.71. The van der Waals surface area contributed by atoms with Crippen molar-refractivity contribution < 1.29 is 19.4 Å². The highest BCUT2D eigenvalue weighted by molar-refractivity contribution is 5.94. The molecule has 18 heavy (non-hydrogen) atoms. The van der Waals surface area contributed by atoms with Crippen molar-refractivity contribution in [1.29, 1.82) is 0 Å². The third kappa shape index (κ3) is 4.10. The average Bonchev–Trinajstić information content (AvgIpc) is 2.28. The van der Waals surface area contributed by atoms with Crippen LogP contribution in [0.4, 0.5) is 0 Å². The summed E-state index contributed by atoms with van der Waals surface area (Å²) in [6, 6.07) is 1.50. The Kier molecular flexibility index (Phi) is 4.73. The van der Waals surface area contributed by atoms with Gasteiger partial charge in [-0.1, -0.05) is 0 Å². The summed E-state index contributed by atoms with van der Waals surface area (Å²) in [5.41, 5.74) is -0.654. The second-order valence-electron chi connectivity index (χ2n) is 4.15. The van der Waals surface area contributed by atoms with Gasteiger partial charge in [-0.05, 0) is 13.0 Å². The number of hydrogen-bond donors (Lipinski definition) is 2. The van der Waals surface area contributed by atoms with E-state index in [1.807, 2.05) is 0 Å². The molecule has 7 heteroatoms. The molecule has 0 aliphatic rings. The Morgan fingerprint density at radius 2 is 2.22 bits per heavy atom. The minimum Gasteiger partial charge on any atom is -0.481 e. The van der Waals surface area contributed by atoms with E-state index in [-0.39, 0.29) is 13.0 Å². The summed E-state index contributed by atoms with van der Waals surface area (Å²) in [7, 11) is 1.44. The van der Waals surface area contributed by atoms with Crippen molar-refractivity contribution in [3.63, 3.8) is 0 Å². The quantitative estimate of drug-likeness (QED) is 0.744. The normalized spacial score (nSPS) is 13.7. The number of nitrogens with zero attached hydrogens (tertiary/aromatic N) is 2. The Labute approximate surface area is 104 Å². The fourth-order valence-electron chi connectivity index (χ4n) is 1.55.